The maximum atomic E-state index is 11.8. The summed E-state index contributed by atoms with van der Waals surface area (Å²) in [5, 5.41) is 9.00. The van der Waals surface area contributed by atoms with Gasteiger partial charge in [-0.3, -0.25) is 0 Å². The van der Waals surface area contributed by atoms with Gasteiger partial charge in [-0.2, -0.15) is 0 Å². The van der Waals surface area contributed by atoms with E-state index in [9.17, 15) is 9.59 Å². The maximum absolute atomic E-state index is 11.8. The van der Waals surface area contributed by atoms with Gasteiger partial charge in [0.15, 0.2) is 0 Å². The minimum Gasteiger partial charge on any atom is -0.478 e. The fourth-order valence-electron chi connectivity index (χ4n) is 3.51. The average Bonchev–Trinajstić information content (AvgIpc) is 3.34. The molecule has 0 radical (unpaired) electrons. The van der Waals surface area contributed by atoms with Gasteiger partial charge in [-0.25, -0.2) is 9.59 Å². The van der Waals surface area contributed by atoms with E-state index >= 15 is 0 Å². The first-order valence-corrected chi connectivity index (χ1v) is 12.6. The topological polar surface area (TPSA) is 76.7 Å². The summed E-state index contributed by atoms with van der Waals surface area (Å²) in [6.45, 7) is 4.77. The lowest BCUT2D eigenvalue weighted by atomic mass is 10.1. The number of ether oxygens (including phenoxy) is 1. The van der Waals surface area contributed by atoms with Gasteiger partial charge in [-0.1, -0.05) is 90.2 Å². The van der Waals surface area contributed by atoms with E-state index in [1.54, 1.807) is 18.4 Å². The summed E-state index contributed by atoms with van der Waals surface area (Å²) in [6, 6.07) is 10.1. The number of carboxylic acids is 1. The van der Waals surface area contributed by atoms with Crippen LogP contribution in [0.25, 0.3) is 0 Å². The number of unbranched alkanes of at least 4 members (excludes halogenated alkanes) is 10. The molecule has 1 N–H and O–H groups in total. The Labute approximate surface area is 199 Å². The largest absolute Gasteiger partial charge is 0.478 e. The fraction of sp³-hybridized carbons (Fsp3) is 0.571. The maximum Gasteiger partial charge on any atom is 0.339 e. The summed E-state index contributed by atoms with van der Waals surface area (Å²) >= 11 is 0. The van der Waals surface area contributed by atoms with Crippen LogP contribution in [-0.4, -0.2) is 23.7 Å². The van der Waals surface area contributed by atoms with Crippen molar-refractivity contribution in [3.8, 4) is 0 Å². The van der Waals surface area contributed by atoms with E-state index in [0.29, 0.717) is 6.61 Å². The van der Waals surface area contributed by atoms with Crippen LogP contribution in [0.15, 0.2) is 47.1 Å². The summed E-state index contributed by atoms with van der Waals surface area (Å²) in [5.41, 5.74) is 0.103. The highest BCUT2D eigenvalue weighted by Crippen LogP contribution is 2.12. The number of aromatic carboxylic acids is 1. The van der Waals surface area contributed by atoms with E-state index in [2.05, 4.69) is 19.9 Å². The van der Waals surface area contributed by atoms with Gasteiger partial charge in [0, 0.05) is 6.42 Å². The molecule has 0 fully saturated rings. The van der Waals surface area contributed by atoms with Crippen LogP contribution in [0.5, 0.6) is 0 Å². The van der Waals surface area contributed by atoms with Gasteiger partial charge in [-0.15, -0.1) is 0 Å². The lowest BCUT2D eigenvalue weighted by Crippen LogP contribution is -2.12. The van der Waals surface area contributed by atoms with Crippen molar-refractivity contribution in [2.24, 2.45) is 0 Å². The van der Waals surface area contributed by atoms with Gasteiger partial charge in [-0.05, 0) is 37.1 Å². The molecule has 1 heterocycles. The SMILES string of the molecule is CCCCCCCCOC(=O)c1ccccc1C(=O)O.CCCCCCCCc1ccco1. The van der Waals surface area contributed by atoms with Crippen molar-refractivity contribution in [2.75, 3.05) is 6.61 Å². The molecule has 1 aromatic carbocycles. The number of carbonyl (C=O) groups excluding carboxylic acids is 1. The Kier molecular flexibility index (Phi) is 16.4. The second kappa shape index (κ2) is 19.0. The van der Waals surface area contributed by atoms with E-state index in [-0.39, 0.29) is 11.1 Å². The third kappa shape index (κ3) is 13.6. The van der Waals surface area contributed by atoms with Crippen molar-refractivity contribution in [2.45, 2.75) is 97.3 Å². The molecule has 0 atom stereocenters. The minimum atomic E-state index is -1.11. The van der Waals surface area contributed by atoms with E-state index in [0.717, 1.165) is 31.4 Å². The molecule has 0 spiro atoms. The molecule has 2 rings (SSSR count). The van der Waals surface area contributed by atoms with Crippen molar-refractivity contribution < 1.29 is 23.8 Å². The van der Waals surface area contributed by atoms with Gasteiger partial charge >= 0.3 is 11.9 Å². The highest BCUT2D eigenvalue weighted by Gasteiger charge is 2.16. The summed E-state index contributed by atoms with van der Waals surface area (Å²) in [5.74, 6) is -0.538. The van der Waals surface area contributed by atoms with Crippen LogP contribution in [0.3, 0.4) is 0 Å². The van der Waals surface area contributed by atoms with Gasteiger partial charge in [0.2, 0.25) is 0 Å². The van der Waals surface area contributed by atoms with Crippen molar-refractivity contribution in [1.29, 1.82) is 0 Å². The highest BCUT2D eigenvalue weighted by atomic mass is 16.5. The second-order valence-electron chi connectivity index (χ2n) is 8.35. The van der Waals surface area contributed by atoms with Gasteiger partial charge in [0.25, 0.3) is 0 Å². The molecule has 0 amide bonds. The first-order valence-electron chi connectivity index (χ1n) is 12.6. The molecule has 1 aromatic heterocycles. The normalized spacial score (nSPS) is 10.4. The predicted molar refractivity (Wildman–Crippen MR) is 133 cm³/mol. The molecule has 184 valence electrons. The lowest BCUT2D eigenvalue weighted by Gasteiger charge is -2.07. The monoisotopic (exact) mass is 458 g/mol. The quantitative estimate of drug-likeness (QED) is 0.203. The Morgan fingerprint density at radius 1 is 0.758 bits per heavy atom. The predicted octanol–water partition coefficient (Wildman–Crippen LogP) is 8.08. The van der Waals surface area contributed by atoms with Crippen LogP contribution in [0.1, 0.15) is 117 Å². The number of hydrogen-bond acceptors (Lipinski definition) is 4. The fourth-order valence-corrected chi connectivity index (χ4v) is 3.51. The molecule has 0 unspecified atom stereocenters. The Hall–Kier alpha value is -2.56. The Morgan fingerprint density at radius 3 is 1.91 bits per heavy atom. The van der Waals surface area contributed by atoms with E-state index in [1.165, 1.54) is 69.9 Å². The van der Waals surface area contributed by atoms with Crippen molar-refractivity contribution in [3.05, 3.63) is 59.5 Å². The molecular weight excluding hydrogens is 416 g/mol. The summed E-state index contributed by atoms with van der Waals surface area (Å²) < 4.78 is 10.4. The van der Waals surface area contributed by atoms with E-state index in [4.69, 9.17) is 14.3 Å². The van der Waals surface area contributed by atoms with Crippen LogP contribution in [0.2, 0.25) is 0 Å². The van der Waals surface area contributed by atoms with Crippen LogP contribution in [0.4, 0.5) is 0 Å². The molecule has 0 aliphatic rings. The lowest BCUT2D eigenvalue weighted by molar-refractivity contribution is 0.0487. The molecule has 33 heavy (non-hydrogen) atoms. The molecule has 0 saturated heterocycles. The van der Waals surface area contributed by atoms with Crippen LogP contribution < -0.4 is 0 Å². The smallest absolute Gasteiger partial charge is 0.339 e. The number of esters is 1. The number of furan rings is 1. The molecule has 5 nitrogen and oxygen atoms in total. The Balaban J connectivity index is 0.000000361. The van der Waals surface area contributed by atoms with Crippen LogP contribution >= 0.6 is 0 Å². The van der Waals surface area contributed by atoms with Crippen LogP contribution in [-0.2, 0) is 11.2 Å². The zero-order valence-corrected chi connectivity index (χ0v) is 20.5. The summed E-state index contributed by atoms with van der Waals surface area (Å²) in [4.78, 5) is 22.8. The number of rotatable bonds is 16. The van der Waals surface area contributed by atoms with E-state index in [1.807, 2.05) is 6.07 Å². The average molecular weight is 459 g/mol. The minimum absolute atomic E-state index is 0.0135. The van der Waals surface area contributed by atoms with Gasteiger partial charge in [0.05, 0.1) is 24.0 Å². The molecule has 5 heteroatoms. The van der Waals surface area contributed by atoms with Crippen LogP contribution in [0, 0.1) is 0 Å². The zero-order chi connectivity index (χ0) is 24.2. The van der Waals surface area contributed by atoms with E-state index < -0.39 is 11.9 Å². The zero-order valence-electron chi connectivity index (χ0n) is 20.5. The Morgan fingerprint density at radius 2 is 1.33 bits per heavy atom. The molecule has 0 aliphatic carbocycles. The second-order valence-corrected chi connectivity index (χ2v) is 8.35. The van der Waals surface area contributed by atoms with Gasteiger partial charge < -0.3 is 14.3 Å². The molecule has 2 aromatic rings. The summed E-state index contributed by atoms with van der Waals surface area (Å²) in [7, 11) is 0. The first-order chi connectivity index (χ1) is 16.1. The summed E-state index contributed by atoms with van der Waals surface area (Å²) in [6.07, 6.45) is 17.7. The van der Waals surface area contributed by atoms with Crippen molar-refractivity contribution >= 4 is 11.9 Å². The number of benzene rings is 1. The number of hydrogen-bond donors (Lipinski definition) is 1. The molecule has 0 saturated carbocycles. The van der Waals surface area contributed by atoms with Gasteiger partial charge in [0.1, 0.15) is 5.76 Å². The third-order valence-corrected chi connectivity index (χ3v) is 5.47. The highest BCUT2D eigenvalue weighted by molar-refractivity contribution is 6.02. The molecular formula is C28H42O5. The molecule has 0 bridgehead atoms. The number of carbonyl (C=O) groups is 2. The first kappa shape index (κ1) is 28.5. The van der Waals surface area contributed by atoms with Crippen molar-refractivity contribution in [3.63, 3.8) is 0 Å². The Bertz CT molecular complexity index is 751. The standard InChI is InChI=1S/C16H22O4.C12H20O/c1-2-3-4-5-6-9-12-20-16(19)14-11-8-7-10-13(14)15(17)18;1-2-3-4-5-6-7-9-12-10-8-11-13-12/h7-8,10-11H,2-6,9,12H2,1H3,(H,17,18);8,10-11H,2-7,9H2,1H3. The number of aryl methyl sites for hydroxylation is 1. The molecule has 0 aliphatic heterocycles. The third-order valence-electron chi connectivity index (χ3n) is 5.47. The number of carboxylic acid groups (broad SMARTS) is 1. The van der Waals surface area contributed by atoms with Crippen molar-refractivity contribution in [1.82, 2.24) is 0 Å².